The molecule has 0 spiro atoms. The number of aliphatic hydroxyl groups excluding tert-OH is 2. The second-order valence-electron chi connectivity index (χ2n) is 5.81. The zero-order chi connectivity index (χ0) is 13.9. The third kappa shape index (κ3) is 1.63. The zero-order valence-electron chi connectivity index (χ0n) is 10.7. The average Bonchev–Trinajstić information content (AvgIpc) is 2.75. The third-order valence-corrected chi connectivity index (χ3v) is 4.79. The summed E-state index contributed by atoms with van der Waals surface area (Å²) >= 11 is 0. The van der Waals surface area contributed by atoms with E-state index in [4.69, 9.17) is 4.74 Å². The molecule has 2 saturated carbocycles. The fourth-order valence-corrected chi connectivity index (χ4v) is 3.78. The van der Waals surface area contributed by atoms with Crippen LogP contribution >= 0.6 is 0 Å². The van der Waals surface area contributed by atoms with Crippen LogP contribution in [0, 0.1) is 17.8 Å². The molecule has 0 amide bonds. The van der Waals surface area contributed by atoms with E-state index in [0.717, 1.165) is 5.57 Å². The maximum absolute atomic E-state index is 11.7. The van der Waals surface area contributed by atoms with Crippen molar-refractivity contribution in [3.8, 4) is 0 Å². The minimum absolute atomic E-state index is 0.0193. The Balaban J connectivity index is 2.05. The quantitative estimate of drug-likeness (QED) is 0.387. The van der Waals surface area contributed by atoms with E-state index >= 15 is 0 Å². The van der Waals surface area contributed by atoms with Crippen molar-refractivity contribution < 1.29 is 19.7 Å². The molecule has 3 fully saturated rings. The normalized spacial score (nSPS) is 45.8. The average molecular weight is 262 g/mol. The highest BCUT2D eigenvalue weighted by Gasteiger charge is 2.55. The predicted molar refractivity (Wildman–Crippen MR) is 69.0 cm³/mol. The Bertz CT molecular complexity index is 492. The summed E-state index contributed by atoms with van der Waals surface area (Å²) in [6.45, 7) is 11.7. The first-order valence-electron chi connectivity index (χ1n) is 6.54. The molecule has 3 rings (SSSR count). The van der Waals surface area contributed by atoms with Crippen molar-refractivity contribution >= 4 is 5.97 Å². The molecule has 1 saturated heterocycles. The number of carbonyl (C=O) groups excluding carboxylic acids is 1. The lowest BCUT2D eigenvalue weighted by molar-refractivity contribution is -0.141. The number of ether oxygens (including phenoxy) is 1. The van der Waals surface area contributed by atoms with E-state index in [2.05, 4.69) is 19.7 Å². The Kier molecular flexibility index (Phi) is 2.69. The molecule has 0 radical (unpaired) electrons. The van der Waals surface area contributed by atoms with E-state index in [1.54, 1.807) is 0 Å². The number of hydrogen-bond acceptors (Lipinski definition) is 4. The van der Waals surface area contributed by atoms with Gasteiger partial charge in [-0.2, -0.15) is 0 Å². The highest BCUT2D eigenvalue weighted by molar-refractivity contribution is 5.91. The van der Waals surface area contributed by atoms with Gasteiger partial charge in [-0.25, -0.2) is 4.79 Å². The minimum atomic E-state index is -0.702. The van der Waals surface area contributed by atoms with Crippen LogP contribution < -0.4 is 0 Å². The van der Waals surface area contributed by atoms with Gasteiger partial charge in [-0.15, -0.1) is 0 Å². The molecule has 3 aliphatic rings. The van der Waals surface area contributed by atoms with Gasteiger partial charge < -0.3 is 14.9 Å². The van der Waals surface area contributed by atoms with Crippen LogP contribution in [0.1, 0.15) is 12.8 Å². The SMILES string of the molecule is C=C1C(=O)O[C@@H]2[C@H]3C(=C)[C@@H](O)C[C@H]3C(=C)C[C@H](O)[C@@H]12. The van der Waals surface area contributed by atoms with Gasteiger partial charge in [-0.1, -0.05) is 25.3 Å². The molecule has 6 atom stereocenters. The maximum Gasteiger partial charge on any atom is 0.334 e. The van der Waals surface area contributed by atoms with Crippen LogP contribution in [0.25, 0.3) is 0 Å². The number of carbonyl (C=O) groups is 1. The van der Waals surface area contributed by atoms with Gasteiger partial charge in [-0.05, 0) is 24.3 Å². The molecule has 1 aliphatic heterocycles. The Morgan fingerprint density at radius 2 is 1.84 bits per heavy atom. The first-order valence-corrected chi connectivity index (χ1v) is 6.54. The second-order valence-corrected chi connectivity index (χ2v) is 5.81. The number of hydrogen-bond donors (Lipinski definition) is 2. The number of fused-ring (bicyclic) bond motifs is 3. The van der Waals surface area contributed by atoms with Gasteiger partial charge in [0.25, 0.3) is 0 Å². The van der Waals surface area contributed by atoms with E-state index in [-0.39, 0.29) is 11.8 Å². The molecule has 0 bridgehead atoms. The Morgan fingerprint density at radius 3 is 2.53 bits per heavy atom. The summed E-state index contributed by atoms with van der Waals surface area (Å²) in [7, 11) is 0. The van der Waals surface area contributed by atoms with Gasteiger partial charge in [0, 0.05) is 11.5 Å². The zero-order valence-corrected chi connectivity index (χ0v) is 10.7. The molecule has 2 N–H and O–H groups in total. The van der Waals surface area contributed by atoms with Gasteiger partial charge in [-0.3, -0.25) is 0 Å². The lowest BCUT2D eigenvalue weighted by Crippen LogP contribution is -2.33. The van der Waals surface area contributed by atoms with Gasteiger partial charge >= 0.3 is 5.97 Å². The Labute approximate surface area is 112 Å². The highest BCUT2D eigenvalue weighted by Crippen LogP contribution is 2.51. The predicted octanol–water partition coefficient (Wildman–Crippen LogP) is 0.958. The summed E-state index contributed by atoms with van der Waals surface area (Å²) in [5, 5.41) is 20.3. The summed E-state index contributed by atoms with van der Waals surface area (Å²) in [5.74, 6) is -1.01. The molecule has 1 heterocycles. The van der Waals surface area contributed by atoms with Gasteiger partial charge in [0.05, 0.1) is 18.1 Å². The maximum atomic E-state index is 11.7. The highest BCUT2D eigenvalue weighted by atomic mass is 16.6. The van der Waals surface area contributed by atoms with Crippen molar-refractivity contribution in [1.82, 2.24) is 0 Å². The van der Waals surface area contributed by atoms with Crippen LogP contribution in [0.5, 0.6) is 0 Å². The molecular formula is C15H18O4. The first kappa shape index (κ1) is 12.6. The Hall–Kier alpha value is -1.39. The van der Waals surface area contributed by atoms with Crippen LogP contribution in [0.4, 0.5) is 0 Å². The lowest BCUT2D eigenvalue weighted by atomic mass is 9.81. The van der Waals surface area contributed by atoms with Crippen LogP contribution in [0.2, 0.25) is 0 Å². The van der Waals surface area contributed by atoms with E-state index in [0.29, 0.717) is 24.0 Å². The summed E-state index contributed by atoms with van der Waals surface area (Å²) in [6.07, 6.45) is -0.800. The van der Waals surface area contributed by atoms with Crippen LogP contribution in [-0.4, -0.2) is 34.5 Å². The van der Waals surface area contributed by atoms with E-state index < -0.39 is 30.2 Å². The molecule has 2 aliphatic carbocycles. The fourth-order valence-electron chi connectivity index (χ4n) is 3.78. The van der Waals surface area contributed by atoms with Crippen molar-refractivity contribution in [2.45, 2.75) is 31.2 Å². The van der Waals surface area contributed by atoms with Crippen molar-refractivity contribution in [3.05, 3.63) is 36.5 Å². The van der Waals surface area contributed by atoms with Gasteiger partial charge in [0.2, 0.25) is 0 Å². The molecule has 19 heavy (non-hydrogen) atoms. The smallest absolute Gasteiger partial charge is 0.334 e. The topological polar surface area (TPSA) is 66.8 Å². The van der Waals surface area contributed by atoms with Crippen molar-refractivity contribution in [2.24, 2.45) is 17.8 Å². The van der Waals surface area contributed by atoms with Crippen molar-refractivity contribution in [1.29, 1.82) is 0 Å². The molecule has 0 aromatic heterocycles. The molecule has 0 aromatic carbocycles. The third-order valence-electron chi connectivity index (χ3n) is 4.79. The van der Waals surface area contributed by atoms with E-state index in [9.17, 15) is 15.0 Å². The van der Waals surface area contributed by atoms with Crippen LogP contribution in [-0.2, 0) is 9.53 Å². The Morgan fingerprint density at radius 1 is 1.16 bits per heavy atom. The first-order chi connectivity index (χ1) is 8.91. The van der Waals surface area contributed by atoms with Crippen molar-refractivity contribution in [2.75, 3.05) is 0 Å². The summed E-state index contributed by atoms with van der Waals surface area (Å²) in [5.41, 5.74) is 1.89. The fraction of sp³-hybridized carbons (Fsp3) is 0.533. The molecule has 4 heteroatoms. The second kappa shape index (κ2) is 4.05. The summed E-state index contributed by atoms with van der Waals surface area (Å²) in [4.78, 5) is 11.7. The minimum Gasteiger partial charge on any atom is -0.458 e. The largest absolute Gasteiger partial charge is 0.458 e. The summed E-state index contributed by atoms with van der Waals surface area (Å²) < 4.78 is 5.40. The van der Waals surface area contributed by atoms with Crippen molar-refractivity contribution in [3.63, 3.8) is 0 Å². The van der Waals surface area contributed by atoms with Crippen LogP contribution in [0.15, 0.2) is 36.5 Å². The monoisotopic (exact) mass is 262 g/mol. The molecule has 4 nitrogen and oxygen atoms in total. The van der Waals surface area contributed by atoms with Crippen LogP contribution in [0.3, 0.4) is 0 Å². The lowest BCUT2D eigenvalue weighted by Gasteiger charge is -2.26. The number of rotatable bonds is 0. The standard InChI is InChI=1S/C15H18O4/c1-6-4-11(17)13-8(3)15(18)19-14(13)12-7(2)10(16)5-9(6)12/h9-14,16-17H,1-5H2/t9-,10-,11-,12-,13+,14+/m0/s1. The number of esters is 1. The van der Waals surface area contributed by atoms with Gasteiger partial charge in [0.15, 0.2) is 0 Å². The molecular weight excluding hydrogens is 244 g/mol. The van der Waals surface area contributed by atoms with E-state index in [1.807, 2.05) is 0 Å². The summed E-state index contributed by atoms with van der Waals surface area (Å²) in [6, 6.07) is 0. The molecule has 0 aromatic rings. The molecule has 0 unspecified atom stereocenters. The number of aliphatic hydroxyl groups is 2. The molecule has 102 valence electrons. The van der Waals surface area contributed by atoms with E-state index in [1.165, 1.54) is 0 Å². The van der Waals surface area contributed by atoms with Gasteiger partial charge in [0.1, 0.15) is 6.10 Å².